The summed E-state index contributed by atoms with van der Waals surface area (Å²) >= 11 is 0. The lowest BCUT2D eigenvalue weighted by molar-refractivity contribution is -0.114. The van der Waals surface area contributed by atoms with Crippen LogP contribution in [0.3, 0.4) is 0 Å². The van der Waals surface area contributed by atoms with E-state index in [1.54, 1.807) is 36.5 Å². The number of likely N-dealkylation sites (tertiary alicyclic amines) is 1. The first kappa shape index (κ1) is 21.1. The van der Waals surface area contributed by atoms with Gasteiger partial charge in [-0.2, -0.15) is 0 Å². The fourth-order valence-electron chi connectivity index (χ4n) is 4.35. The number of amides is 2. The minimum atomic E-state index is -0.457. The van der Waals surface area contributed by atoms with Crippen LogP contribution in [0.1, 0.15) is 34.3 Å². The molecular formula is C27H24FN3O2. The molecule has 0 saturated carbocycles. The molecule has 0 unspecified atom stereocenters. The molecule has 6 heteroatoms. The highest BCUT2D eigenvalue weighted by Crippen LogP contribution is 2.30. The van der Waals surface area contributed by atoms with Gasteiger partial charge in [0.05, 0.1) is 5.57 Å². The van der Waals surface area contributed by atoms with Crippen LogP contribution in [0.15, 0.2) is 72.9 Å². The average molecular weight is 442 g/mol. The van der Waals surface area contributed by atoms with Crippen LogP contribution in [0.2, 0.25) is 0 Å². The van der Waals surface area contributed by atoms with Crippen LogP contribution in [0.4, 0.5) is 10.1 Å². The number of imide groups is 1. The van der Waals surface area contributed by atoms with Gasteiger partial charge < -0.3 is 5.32 Å². The van der Waals surface area contributed by atoms with Crippen molar-refractivity contribution in [3.63, 3.8) is 0 Å². The zero-order chi connectivity index (χ0) is 22.8. The number of carbonyl (C=O) groups is 2. The Bertz CT molecular complexity index is 1230. The summed E-state index contributed by atoms with van der Waals surface area (Å²) in [5, 5.41) is 5.59. The predicted octanol–water partition coefficient (Wildman–Crippen LogP) is 4.81. The summed E-state index contributed by atoms with van der Waals surface area (Å²) in [6.45, 7) is 3.25. The Balaban J connectivity index is 1.40. The van der Waals surface area contributed by atoms with Crippen molar-refractivity contribution < 1.29 is 14.0 Å². The summed E-state index contributed by atoms with van der Waals surface area (Å²) in [7, 11) is 0. The molecule has 0 atom stereocenters. The summed E-state index contributed by atoms with van der Waals surface area (Å²) in [6.07, 6.45) is 4.16. The van der Waals surface area contributed by atoms with Crippen molar-refractivity contribution in [1.29, 1.82) is 0 Å². The molecule has 2 aliphatic rings. The van der Waals surface area contributed by atoms with Crippen molar-refractivity contribution in [1.82, 2.24) is 10.2 Å². The van der Waals surface area contributed by atoms with Crippen molar-refractivity contribution in [2.75, 3.05) is 18.4 Å². The SMILES string of the molecule is O=C1NC(=O)c2ccc(-c3ccc(F)cc3)cc2/C1=C/Nc1ccc(CN2CCCC2)cc1. The van der Waals surface area contributed by atoms with Gasteiger partial charge in [-0.15, -0.1) is 0 Å². The fraction of sp³-hybridized carbons (Fsp3) is 0.185. The molecule has 5 nitrogen and oxygen atoms in total. The third kappa shape index (κ3) is 4.56. The van der Waals surface area contributed by atoms with E-state index in [9.17, 15) is 14.0 Å². The van der Waals surface area contributed by atoms with Gasteiger partial charge in [0.25, 0.3) is 11.8 Å². The molecule has 2 heterocycles. The normalized spacial score (nSPS) is 17.2. The van der Waals surface area contributed by atoms with E-state index in [0.29, 0.717) is 16.7 Å². The molecule has 2 amide bonds. The molecule has 2 N–H and O–H groups in total. The Kier molecular flexibility index (Phi) is 5.75. The number of benzene rings is 3. The average Bonchev–Trinajstić information content (AvgIpc) is 3.33. The standard InChI is InChI=1S/C27H24FN3O2/c28-21-8-5-19(6-9-21)20-7-12-23-24(15-20)25(27(33)30-26(23)32)16-29-22-10-3-18(4-11-22)17-31-13-1-2-14-31/h3-12,15-16,29H,1-2,13-14,17H2,(H,30,32,33)/b25-16-. The lowest BCUT2D eigenvalue weighted by Crippen LogP contribution is -2.36. The Labute approximate surface area is 191 Å². The van der Waals surface area contributed by atoms with Crippen LogP contribution in [0.5, 0.6) is 0 Å². The highest BCUT2D eigenvalue weighted by molar-refractivity contribution is 6.31. The zero-order valence-corrected chi connectivity index (χ0v) is 18.1. The number of fused-ring (bicyclic) bond motifs is 1. The minimum absolute atomic E-state index is 0.317. The van der Waals surface area contributed by atoms with Crippen LogP contribution in [0, 0.1) is 5.82 Å². The van der Waals surface area contributed by atoms with E-state index in [0.717, 1.165) is 36.4 Å². The number of hydrogen-bond donors (Lipinski definition) is 2. The molecule has 1 fully saturated rings. The molecule has 5 rings (SSSR count). The van der Waals surface area contributed by atoms with E-state index in [2.05, 4.69) is 27.7 Å². The number of hydrogen-bond acceptors (Lipinski definition) is 4. The fourth-order valence-corrected chi connectivity index (χ4v) is 4.35. The highest BCUT2D eigenvalue weighted by atomic mass is 19.1. The van der Waals surface area contributed by atoms with Crippen LogP contribution < -0.4 is 10.6 Å². The smallest absolute Gasteiger partial charge is 0.260 e. The molecule has 3 aromatic rings. The van der Waals surface area contributed by atoms with Crippen LogP contribution in [0.25, 0.3) is 16.7 Å². The van der Waals surface area contributed by atoms with Gasteiger partial charge in [-0.25, -0.2) is 4.39 Å². The van der Waals surface area contributed by atoms with Crippen molar-refractivity contribution in [3.8, 4) is 11.1 Å². The number of nitrogens with one attached hydrogen (secondary N) is 2. The van der Waals surface area contributed by atoms with E-state index in [1.807, 2.05) is 12.1 Å². The molecule has 0 spiro atoms. The number of rotatable bonds is 5. The first-order valence-corrected chi connectivity index (χ1v) is 11.1. The molecule has 0 radical (unpaired) electrons. The molecule has 166 valence electrons. The van der Waals surface area contributed by atoms with E-state index < -0.39 is 11.8 Å². The second-order valence-corrected chi connectivity index (χ2v) is 8.43. The third-order valence-corrected chi connectivity index (χ3v) is 6.15. The van der Waals surface area contributed by atoms with E-state index in [-0.39, 0.29) is 5.82 Å². The Hall–Kier alpha value is -3.77. The van der Waals surface area contributed by atoms with Gasteiger partial charge in [-0.1, -0.05) is 30.3 Å². The monoisotopic (exact) mass is 441 g/mol. The second-order valence-electron chi connectivity index (χ2n) is 8.43. The number of carbonyl (C=O) groups excluding carboxylic acids is 2. The zero-order valence-electron chi connectivity index (χ0n) is 18.1. The van der Waals surface area contributed by atoms with Gasteiger partial charge in [-0.05, 0) is 79.0 Å². The first-order chi connectivity index (χ1) is 16.1. The topological polar surface area (TPSA) is 61.4 Å². The number of anilines is 1. The summed E-state index contributed by atoms with van der Waals surface area (Å²) < 4.78 is 13.3. The maximum absolute atomic E-state index is 13.3. The van der Waals surface area contributed by atoms with Gasteiger partial charge in [-0.3, -0.25) is 19.8 Å². The molecule has 0 bridgehead atoms. The summed E-state index contributed by atoms with van der Waals surface area (Å²) in [5.74, 6) is -1.20. The van der Waals surface area contributed by atoms with E-state index in [1.165, 1.54) is 30.5 Å². The molecule has 2 aliphatic heterocycles. The molecule has 1 saturated heterocycles. The second kappa shape index (κ2) is 9.00. The van der Waals surface area contributed by atoms with Gasteiger partial charge >= 0.3 is 0 Å². The summed E-state index contributed by atoms with van der Waals surface area (Å²) in [6, 6.07) is 19.6. The van der Waals surface area contributed by atoms with Crippen LogP contribution >= 0.6 is 0 Å². The van der Waals surface area contributed by atoms with Crippen molar-refractivity contribution in [3.05, 3.63) is 95.4 Å². The van der Waals surface area contributed by atoms with Gasteiger partial charge in [0.15, 0.2) is 0 Å². The van der Waals surface area contributed by atoms with Crippen LogP contribution in [-0.2, 0) is 11.3 Å². The van der Waals surface area contributed by atoms with Crippen LogP contribution in [-0.4, -0.2) is 29.8 Å². The van der Waals surface area contributed by atoms with Crippen molar-refractivity contribution >= 4 is 23.1 Å². The Morgan fingerprint density at radius 2 is 1.55 bits per heavy atom. The Morgan fingerprint density at radius 1 is 0.848 bits per heavy atom. The van der Waals surface area contributed by atoms with Crippen molar-refractivity contribution in [2.24, 2.45) is 0 Å². The van der Waals surface area contributed by atoms with Gasteiger partial charge in [0, 0.05) is 29.6 Å². The summed E-state index contributed by atoms with van der Waals surface area (Å²) in [4.78, 5) is 27.4. The lowest BCUT2D eigenvalue weighted by atomic mass is 9.91. The lowest BCUT2D eigenvalue weighted by Gasteiger charge is -2.19. The minimum Gasteiger partial charge on any atom is -0.361 e. The highest BCUT2D eigenvalue weighted by Gasteiger charge is 2.27. The van der Waals surface area contributed by atoms with Gasteiger partial charge in [0.1, 0.15) is 5.82 Å². The maximum atomic E-state index is 13.3. The van der Waals surface area contributed by atoms with E-state index in [4.69, 9.17) is 0 Å². The quantitative estimate of drug-likeness (QED) is 0.441. The third-order valence-electron chi connectivity index (χ3n) is 6.15. The molecule has 0 aliphatic carbocycles. The molecular weight excluding hydrogens is 417 g/mol. The van der Waals surface area contributed by atoms with E-state index >= 15 is 0 Å². The van der Waals surface area contributed by atoms with Crippen molar-refractivity contribution in [2.45, 2.75) is 19.4 Å². The Morgan fingerprint density at radius 3 is 2.27 bits per heavy atom. The molecule has 3 aromatic carbocycles. The number of nitrogens with zero attached hydrogens (tertiary/aromatic N) is 1. The number of halogens is 1. The molecule has 0 aromatic heterocycles. The summed E-state index contributed by atoms with van der Waals surface area (Å²) in [5.41, 5.74) is 5.05. The van der Waals surface area contributed by atoms with Gasteiger partial charge in [0.2, 0.25) is 0 Å². The molecule has 33 heavy (non-hydrogen) atoms. The largest absolute Gasteiger partial charge is 0.361 e. The maximum Gasteiger partial charge on any atom is 0.260 e. The first-order valence-electron chi connectivity index (χ1n) is 11.1. The predicted molar refractivity (Wildman–Crippen MR) is 127 cm³/mol.